The predicted octanol–water partition coefficient (Wildman–Crippen LogP) is 4.51. The van der Waals surface area contributed by atoms with Crippen LogP contribution in [0.15, 0.2) is 67.1 Å². The van der Waals surface area contributed by atoms with Gasteiger partial charge in [0.25, 0.3) is 6.47 Å². The maximum Gasteiger partial charge on any atom is 0.298 e. The Bertz CT molecular complexity index is 1430. The van der Waals surface area contributed by atoms with Crippen molar-refractivity contribution in [2.24, 2.45) is 0 Å². The molecule has 152 valence electrons. The zero-order chi connectivity index (χ0) is 21.4. The van der Waals surface area contributed by atoms with Gasteiger partial charge in [-0.2, -0.15) is 0 Å². The summed E-state index contributed by atoms with van der Waals surface area (Å²) in [6.45, 7) is 0.500. The summed E-state index contributed by atoms with van der Waals surface area (Å²) in [5, 5.41) is 1.03. The van der Waals surface area contributed by atoms with E-state index in [1.54, 1.807) is 24.7 Å². The number of aromatic nitrogens is 4. The molecule has 6 nitrogen and oxygen atoms in total. The Hall–Kier alpha value is -4.20. The number of fused-ring (bicyclic) bond motifs is 2. The second-order valence-corrected chi connectivity index (χ2v) is 6.93. The molecule has 5 aromatic rings. The number of halogens is 2. The Labute approximate surface area is 174 Å². The van der Waals surface area contributed by atoms with E-state index in [1.807, 2.05) is 28.8 Å². The highest BCUT2D eigenvalue weighted by molar-refractivity contribution is 5.79. The van der Waals surface area contributed by atoms with Gasteiger partial charge in [0, 0.05) is 17.1 Å². The molecule has 0 fully saturated rings. The first-order chi connectivity index (χ1) is 15.1. The Morgan fingerprint density at radius 3 is 2.58 bits per heavy atom. The minimum atomic E-state index is -0.984. The van der Waals surface area contributed by atoms with Crippen molar-refractivity contribution in [1.82, 2.24) is 19.5 Å². The number of rotatable bonds is 5. The summed E-state index contributed by atoms with van der Waals surface area (Å²) in [6.07, 6.45) is 3.43. The highest BCUT2D eigenvalue weighted by atomic mass is 19.1. The zero-order valence-electron chi connectivity index (χ0n) is 16.0. The van der Waals surface area contributed by atoms with E-state index in [4.69, 9.17) is 0 Å². The number of imidazole rings is 1. The summed E-state index contributed by atoms with van der Waals surface area (Å²) in [7, 11) is 0. The number of hydrogen-bond donors (Lipinski definition) is 0. The van der Waals surface area contributed by atoms with E-state index in [0.717, 1.165) is 28.6 Å². The Morgan fingerprint density at radius 1 is 0.968 bits per heavy atom. The summed E-state index contributed by atoms with van der Waals surface area (Å²) < 4.78 is 34.5. The van der Waals surface area contributed by atoms with Crippen molar-refractivity contribution >= 4 is 28.5 Å². The van der Waals surface area contributed by atoms with Crippen LogP contribution < -0.4 is 4.74 Å². The molecule has 0 amide bonds. The number of carbonyl (C=O) groups is 1. The molecule has 0 radical (unpaired) electrons. The Kier molecular flexibility index (Phi) is 4.59. The van der Waals surface area contributed by atoms with Gasteiger partial charge in [-0.15, -0.1) is 0 Å². The molecule has 3 heterocycles. The van der Waals surface area contributed by atoms with Crippen LogP contribution in [0.5, 0.6) is 5.75 Å². The molecule has 5 rings (SSSR count). The molecule has 3 aromatic heterocycles. The molecule has 2 aromatic carbocycles. The van der Waals surface area contributed by atoms with Crippen LogP contribution in [0.3, 0.4) is 0 Å². The third kappa shape index (κ3) is 3.48. The van der Waals surface area contributed by atoms with E-state index in [-0.39, 0.29) is 12.0 Å². The van der Waals surface area contributed by atoms with Gasteiger partial charge in [-0.3, -0.25) is 9.78 Å². The maximum atomic E-state index is 14.2. The van der Waals surface area contributed by atoms with Crippen LogP contribution in [0.4, 0.5) is 8.78 Å². The van der Waals surface area contributed by atoms with Gasteiger partial charge in [0.2, 0.25) is 5.75 Å². The van der Waals surface area contributed by atoms with E-state index in [1.165, 1.54) is 0 Å². The lowest BCUT2D eigenvalue weighted by Crippen LogP contribution is -2.01. The largest absolute Gasteiger partial charge is 0.422 e. The molecule has 0 atom stereocenters. The van der Waals surface area contributed by atoms with Gasteiger partial charge in [-0.05, 0) is 48.0 Å². The molecule has 0 unspecified atom stereocenters. The van der Waals surface area contributed by atoms with Crippen LogP contribution in [0.1, 0.15) is 5.56 Å². The second-order valence-electron chi connectivity index (χ2n) is 6.93. The third-order valence-corrected chi connectivity index (χ3v) is 4.94. The van der Waals surface area contributed by atoms with Crippen molar-refractivity contribution < 1.29 is 18.3 Å². The molecule has 0 N–H and O–H groups in total. The van der Waals surface area contributed by atoms with E-state index < -0.39 is 17.4 Å². The number of benzene rings is 2. The average Bonchev–Trinajstić information content (AvgIpc) is 3.18. The van der Waals surface area contributed by atoms with Crippen LogP contribution in [0.2, 0.25) is 0 Å². The molecule has 0 aliphatic carbocycles. The van der Waals surface area contributed by atoms with Gasteiger partial charge in [-0.1, -0.05) is 12.1 Å². The van der Waals surface area contributed by atoms with Crippen LogP contribution >= 0.6 is 0 Å². The molecule has 0 spiro atoms. The van der Waals surface area contributed by atoms with Crippen LogP contribution in [-0.2, 0) is 11.3 Å². The van der Waals surface area contributed by atoms with Crippen LogP contribution in [0.25, 0.3) is 33.3 Å². The fourth-order valence-corrected chi connectivity index (χ4v) is 3.50. The number of pyridine rings is 2. The molecule has 0 aliphatic heterocycles. The van der Waals surface area contributed by atoms with Crippen molar-refractivity contribution in [3.8, 4) is 17.0 Å². The van der Waals surface area contributed by atoms with Gasteiger partial charge < -0.3 is 9.30 Å². The summed E-state index contributed by atoms with van der Waals surface area (Å²) >= 11 is 0. The van der Waals surface area contributed by atoms with Gasteiger partial charge in [0.1, 0.15) is 5.52 Å². The average molecular weight is 416 g/mol. The predicted molar refractivity (Wildman–Crippen MR) is 110 cm³/mol. The highest BCUT2D eigenvalue weighted by Gasteiger charge is 2.15. The van der Waals surface area contributed by atoms with E-state index in [2.05, 4.69) is 25.8 Å². The van der Waals surface area contributed by atoms with E-state index in [9.17, 15) is 13.6 Å². The molecular weight excluding hydrogens is 402 g/mol. The number of hydrogen-bond acceptors (Lipinski definition) is 5. The smallest absolute Gasteiger partial charge is 0.298 e. The van der Waals surface area contributed by atoms with Gasteiger partial charge in [0.05, 0.1) is 24.1 Å². The normalized spacial score (nSPS) is 11.2. The first kappa shape index (κ1) is 18.8. The molecular formula is C23H14F2N4O2. The van der Waals surface area contributed by atoms with E-state index in [0.29, 0.717) is 23.4 Å². The third-order valence-electron chi connectivity index (χ3n) is 4.94. The fraction of sp³-hybridized carbons (Fsp3) is 0.0435. The molecule has 0 aliphatic rings. The second kappa shape index (κ2) is 7.56. The monoisotopic (exact) mass is 416 g/mol. The number of nitrogens with zero attached hydrogens (tertiary/aromatic N) is 4. The fourth-order valence-electron chi connectivity index (χ4n) is 3.50. The lowest BCUT2D eigenvalue weighted by Gasteiger charge is -2.08. The Balaban J connectivity index is 1.53. The SMILES string of the molecule is O=COc1c(F)cc(-c2ccc3ncn(Cc4ccc5ncccc5c4)c3n2)cc1F. The minimum absolute atomic E-state index is 0.0210. The van der Waals surface area contributed by atoms with Gasteiger partial charge in [0.15, 0.2) is 17.3 Å². The zero-order valence-corrected chi connectivity index (χ0v) is 16.0. The van der Waals surface area contributed by atoms with Gasteiger partial charge in [-0.25, -0.2) is 18.7 Å². The summed E-state index contributed by atoms with van der Waals surface area (Å²) in [5.74, 6) is -2.71. The lowest BCUT2D eigenvalue weighted by atomic mass is 10.1. The number of ether oxygens (including phenoxy) is 1. The van der Waals surface area contributed by atoms with Crippen molar-refractivity contribution in [2.45, 2.75) is 6.54 Å². The van der Waals surface area contributed by atoms with Crippen LogP contribution in [0, 0.1) is 11.6 Å². The quantitative estimate of drug-likeness (QED) is 0.395. The lowest BCUT2D eigenvalue weighted by molar-refractivity contribution is -0.121. The summed E-state index contributed by atoms with van der Waals surface area (Å²) in [4.78, 5) is 23.7. The first-order valence-corrected chi connectivity index (χ1v) is 9.37. The van der Waals surface area contributed by atoms with Crippen molar-refractivity contribution in [3.63, 3.8) is 0 Å². The van der Waals surface area contributed by atoms with E-state index >= 15 is 0 Å². The molecule has 0 saturated carbocycles. The molecule has 0 saturated heterocycles. The number of carbonyl (C=O) groups excluding carboxylic acids is 1. The molecule has 8 heteroatoms. The minimum Gasteiger partial charge on any atom is -0.422 e. The van der Waals surface area contributed by atoms with Crippen LogP contribution in [-0.4, -0.2) is 26.0 Å². The Morgan fingerprint density at radius 2 is 1.77 bits per heavy atom. The highest BCUT2D eigenvalue weighted by Crippen LogP contribution is 2.29. The maximum absolute atomic E-state index is 14.2. The van der Waals surface area contributed by atoms with Gasteiger partial charge >= 0.3 is 0 Å². The molecule has 31 heavy (non-hydrogen) atoms. The topological polar surface area (TPSA) is 69.9 Å². The standard InChI is InChI=1S/C23H14F2N4O2/c24-17-9-16(10-18(25)22(17)31-13-30)20-5-6-21-23(28-20)29(12-27-21)11-14-3-4-19-15(8-14)2-1-7-26-19/h1-10,12-13H,11H2. The summed E-state index contributed by atoms with van der Waals surface area (Å²) in [5.41, 5.74) is 3.78. The van der Waals surface area contributed by atoms with Crippen molar-refractivity contribution in [1.29, 1.82) is 0 Å². The summed E-state index contributed by atoms with van der Waals surface area (Å²) in [6, 6.07) is 15.4. The van der Waals surface area contributed by atoms with Crippen molar-refractivity contribution in [2.75, 3.05) is 0 Å². The first-order valence-electron chi connectivity index (χ1n) is 9.37. The van der Waals surface area contributed by atoms with Crippen molar-refractivity contribution in [3.05, 3.63) is 84.3 Å². The molecule has 0 bridgehead atoms.